The molecule has 8 nitrogen and oxygen atoms in total. The van der Waals surface area contributed by atoms with E-state index in [9.17, 15) is 14.4 Å². The van der Waals surface area contributed by atoms with Crippen molar-refractivity contribution in [3.05, 3.63) is 84.7 Å². The summed E-state index contributed by atoms with van der Waals surface area (Å²) in [6.45, 7) is 6.35. The first-order valence-corrected chi connectivity index (χ1v) is 12.5. The fourth-order valence-electron chi connectivity index (χ4n) is 4.75. The van der Waals surface area contributed by atoms with E-state index in [1.807, 2.05) is 26.8 Å². The zero-order valence-corrected chi connectivity index (χ0v) is 21.6. The van der Waals surface area contributed by atoms with Gasteiger partial charge in [0.05, 0.1) is 28.0 Å². The Hall–Kier alpha value is -3.36. The van der Waals surface area contributed by atoms with E-state index < -0.39 is 0 Å². The van der Waals surface area contributed by atoms with Gasteiger partial charge in [0.25, 0.3) is 17.4 Å². The minimum atomic E-state index is -0.240. The Balaban J connectivity index is 1.60. The number of fused-ring (bicyclic) bond motifs is 2. The summed E-state index contributed by atoms with van der Waals surface area (Å²) in [5, 5.41) is 6.79. The van der Waals surface area contributed by atoms with E-state index in [4.69, 9.17) is 28.2 Å². The molecule has 5 rings (SSSR count). The minimum Gasteiger partial charge on any atom is -0.353 e. The van der Waals surface area contributed by atoms with Crippen molar-refractivity contribution >= 4 is 41.0 Å². The summed E-state index contributed by atoms with van der Waals surface area (Å²) in [5.41, 5.74) is 3.27. The third kappa shape index (κ3) is 4.14. The Morgan fingerprint density at radius 3 is 2.64 bits per heavy atom. The summed E-state index contributed by atoms with van der Waals surface area (Å²) in [6, 6.07) is 9.89. The number of hydrogen-bond donors (Lipinski definition) is 2. The van der Waals surface area contributed by atoms with Crippen LogP contribution in [0.5, 0.6) is 0 Å². The highest BCUT2D eigenvalue weighted by Gasteiger charge is 2.33. The molecule has 0 spiro atoms. The van der Waals surface area contributed by atoms with Crippen molar-refractivity contribution in [1.82, 2.24) is 19.8 Å². The van der Waals surface area contributed by atoms with Gasteiger partial charge in [-0.05, 0) is 57.5 Å². The van der Waals surface area contributed by atoms with Crippen molar-refractivity contribution in [1.29, 1.82) is 0 Å². The normalized spacial score (nSPS) is 16.6. The maximum absolute atomic E-state index is 13.9. The molecular weight excluding hydrogens is 501 g/mol. The highest BCUT2D eigenvalue weighted by molar-refractivity contribution is 6.42. The Morgan fingerprint density at radius 2 is 1.92 bits per heavy atom. The van der Waals surface area contributed by atoms with Gasteiger partial charge in [0.1, 0.15) is 0 Å². The van der Waals surface area contributed by atoms with Crippen LogP contribution in [0, 0.1) is 0 Å². The largest absolute Gasteiger partial charge is 0.353 e. The summed E-state index contributed by atoms with van der Waals surface area (Å²) in [6.07, 6.45) is 0.350. The second-order valence-corrected chi connectivity index (χ2v) is 10.2. The number of hydrogen-bond acceptors (Lipinski definition) is 5. The first kappa shape index (κ1) is 24.3. The van der Waals surface area contributed by atoms with Crippen molar-refractivity contribution in [3.8, 4) is 5.69 Å². The third-order valence-corrected chi connectivity index (χ3v) is 7.26. The second kappa shape index (κ2) is 9.26. The standard InChI is InChI=1S/C26H25Cl2N5O3/c1-13(2)30-26-31-21-12-32(24(35)15-7-8-19(27)20(28)10-15)14(3)9-17(21)25(36)33(26)22-6-4-5-16-18(22)11-29-23(16)34/h4-8,10,13-14H,9,11-12H2,1-3H3,(H,29,34)(H,30,31)/t14-/m1/s1. The number of halogens is 2. The van der Waals surface area contributed by atoms with Crippen LogP contribution in [-0.4, -0.2) is 38.3 Å². The monoisotopic (exact) mass is 525 g/mol. The van der Waals surface area contributed by atoms with Crippen LogP contribution in [0.25, 0.3) is 5.69 Å². The average Bonchev–Trinajstić information content (AvgIpc) is 3.22. The molecule has 2 aromatic carbocycles. The van der Waals surface area contributed by atoms with Crippen LogP contribution in [0.15, 0.2) is 41.2 Å². The molecule has 36 heavy (non-hydrogen) atoms. The van der Waals surface area contributed by atoms with E-state index in [1.54, 1.807) is 39.8 Å². The van der Waals surface area contributed by atoms with E-state index in [1.165, 1.54) is 0 Å². The molecule has 0 fully saturated rings. The van der Waals surface area contributed by atoms with Crippen molar-refractivity contribution < 1.29 is 9.59 Å². The molecule has 0 bridgehead atoms. The topological polar surface area (TPSA) is 96.3 Å². The average molecular weight is 526 g/mol. The second-order valence-electron chi connectivity index (χ2n) is 9.40. The Labute approximate surface area is 218 Å². The number of nitrogens with zero attached hydrogens (tertiary/aromatic N) is 3. The van der Waals surface area contributed by atoms with E-state index in [0.29, 0.717) is 57.0 Å². The van der Waals surface area contributed by atoms with Gasteiger partial charge in [-0.1, -0.05) is 29.3 Å². The van der Waals surface area contributed by atoms with Crippen LogP contribution >= 0.6 is 23.2 Å². The van der Waals surface area contributed by atoms with Crippen LogP contribution in [0.1, 0.15) is 58.3 Å². The van der Waals surface area contributed by atoms with Gasteiger partial charge in [-0.3, -0.25) is 14.4 Å². The molecule has 0 unspecified atom stereocenters. The summed E-state index contributed by atoms with van der Waals surface area (Å²) in [4.78, 5) is 46.0. The lowest BCUT2D eigenvalue weighted by molar-refractivity contribution is 0.0653. The van der Waals surface area contributed by atoms with Gasteiger partial charge in [-0.25, -0.2) is 9.55 Å². The van der Waals surface area contributed by atoms with Crippen LogP contribution in [-0.2, 0) is 19.5 Å². The maximum atomic E-state index is 13.9. The molecule has 0 aliphatic carbocycles. The highest BCUT2D eigenvalue weighted by Crippen LogP contribution is 2.29. The van der Waals surface area contributed by atoms with Gasteiger partial charge in [-0.15, -0.1) is 0 Å². The quantitative estimate of drug-likeness (QED) is 0.532. The number of rotatable bonds is 4. The predicted molar refractivity (Wildman–Crippen MR) is 139 cm³/mol. The number of amides is 2. The lowest BCUT2D eigenvalue weighted by Crippen LogP contribution is -2.46. The molecule has 1 aromatic heterocycles. The fraction of sp³-hybridized carbons (Fsp3) is 0.308. The molecule has 2 N–H and O–H groups in total. The molecular formula is C26H25Cl2N5O3. The van der Waals surface area contributed by atoms with Crippen molar-refractivity contribution in [2.75, 3.05) is 5.32 Å². The highest BCUT2D eigenvalue weighted by atomic mass is 35.5. The van der Waals surface area contributed by atoms with E-state index in [-0.39, 0.29) is 36.0 Å². The smallest absolute Gasteiger partial charge is 0.263 e. The summed E-state index contributed by atoms with van der Waals surface area (Å²) in [7, 11) is 0. The molecule has 0 saturated carbocycles. The molecule has 186 valence electrons. The van der Waals surface area contributed by atoms with E-state index in [0.717, 1.165) is 5.56 Å². The van der Waals surface area contributed by atoms with Crippen LogP contribution in [0.3, 0.4) is 0 Å². The number of benzene rings is 2. The van der Waals surface area contributed by atoms with Gasteiger partial charge < -0.3 is 15.5 Å². The number of carbonyl (C=O) groups is 2. The van der Waals surface area contributed by atoms with Crippen molar-refractivity contribution in [2.24, 2.45) is 0 Å². The zero-order valence-electron chi connectivity index (χ0n) is 20.1. The maximum Gasteiger partial charge on any atom is 0.263 e. The Kier molecular flexibility index (Phi) is 6.26. The molecule has 2 aliphatic heterocycles. The first-order valence-electron chi connectivity index (χ1n) is 11.7. The molecule has 2 aliphatic rings. The molecule has 3 aromatic rings. The lowest BCUT2D eigenvalue weighted by atomic mass is 9.98. The molecule has 2 amide bonds. The number of nitrogens with one attached hydrogen (secondary N) is 2. The van der Waals surface area contributed by atoms with Crippen molar-refractivity contribution in [3.63, 3.8) is 0 Å². The van der Waals surface area contributed by atoms with Crippen LogP contribution in [0.4, 0.5) is 5.95 Å². The lowest BCUT2D eigenvalue weighted by Gasteiger charge is -2.35. The van der Waals surface area contributed by atoms with Gasteiger partial charge in [0.15, 0.2) is 0 Å². The van der Waals surface area contributed by atoms with Crippen LogP contribution < -0.4 is 16.2 Å². The van der Waals surface area contributed by atoms with Gasteiger partial charge >= 0.3 is 0 Å². The van der Waals surface area contributed by atoms with Crippen molar-refractivity contribution in [2.45, 2.75) is 52.4 Å². The first-order chi connectivity index (χ1) is 17.2. The van der Waals surface area contributed by atoms with E-state index in [2.05, 4.69) is 10.6 Å². The van der Waals surface area contributed by atoms with Crippen LogP contribution in [0.2, 0.25) is 10.0 Å². The Morgan fingerprint density at radius 1 is 1.14 bits per heavy atom. The van der Waals surface area contributed by atoms with Gasteiger partial charge in [0, 0.05) is 40.9 Å². The summed E-state index contributed by atoms with van der Waals surface area (Å²) < 4.78 is 1.56. The number of aromatic nitrogens is 2. The van der Waals surface area contributed by atoms with Gasteiger partial charge in [0.2, 0.25) is 5.95 Å². The Bertz CT molecular complexity index is 1470. The zero-order chi connectivity index (χ0) is 25.7. The van der Waals surface area contributed by atoms with E-state index >= 15 is 0 Å². The third-order valence-electron chi connectivity index (χ3n) is 6.52. The molecule has 10 heteroatoms. The predicted octanol–water partition coefficient (Wildman–Crippen LogP) is 4.19. The minimum absolute atomic E-state index is 0.00539. The summed E-state index contributed by atoms with van der Waals surface area (Å²) in [5.74, 6) is 0.00813. The van der Waals surface area contributed by atoms with Gasteiger partial charge in [-0.2, -0.15) is 0 Å². The molecule has 3 heterocycles. The molecule has 0 radical (unpaired) electrons. The molecule has 1 atom stereocenters. The number of carbonyl (C=O) groups excluding carboxylic acids is 2. The number of anilines is 1. The molecule has 0 saturated heterocycles. The summed E-state index contributed by atoms with van der Waals surface area (Å²) >= 11 is 12.2. The SMILES string of the molecule is CC(C)Nc1nc2c(c(=O)n1-c1cccc3c1CNC3=O)C[C@@H](C)N(C(=O)c1ccc(Cl)c(Cl)c1)C2. The fourth-order valence-corrected chi connectivity index (χ4v) is 5.05.